The summed E-state index contributed by atoms with van der Waals surface area (Å²) in [6, 6.07) is 0. The fourth-order valence-corrected chi connectivity index (χ4v) is 2.62. The molecular formula is C10H17NO2. The van der Waals surface area contributed by atoms with Gasteiger partial charge in [0, 0.05) is 0 Å². The molecule has 3 atom stereocenters. The van der Waals surface area contributed by atoms with Gasteiger partial charge in [0.2, 0.25) is 0 Å². The molecule has 0 amide bonds. The van der Waals surface area contributed by atoms with Crippen LogP contribution in [0.3, 0.4) is 0 Å². The first-order valence-electron chi connectivity index (χ1n) is 5.08. The quantitative estimate of drug-likeness (QED) is 0.674. The zero-order chi connectivity index (χ0) is 9.47. The van der Waals surface area contributed by atoms with Crippen molar-refractivity contribution >= 4 is 5.97 Å². The summed E-state index contributed by atoms with van der Waals surface area (Å²) in [5, 5.41) is 12.2. The van der Waals surface area contributed by atoms with Crippen molar-refractivity contribution in [1.29, 1.82) is 0 Å². The summed E-state index contributed by atoms with van der Waals surface area (Å²) in [7, 11) is 0. The lowest BCUT2D eigenvalue weighted by atomic mass is 9.83. The molecule has 0 radical (unpaired) electrons. The van der Waals surface area contributed by atoms with Crippen molar-refractivity contribution in [1.82, 2.24) is 5.32 Å². The Balaban J connectivity index is 1.97. The van der Waals surface area contributed by atoms with Crippen LogP contribution in [0.25, 0.3) is 0 Å². The number of hydrogen-bond acceptors (Lipinski definition) is 2. The van der Waals surface area contributed by atoms with Gasteiger partial charge in [0.15, 0.2) is 0 Å². The summed E-state index contributed by atoms with van der Waals surface area (Å²) in [5.41, 5.74) is 0.0965. The largest absolute Gasteiger partial charge is 0.481 e. The maximum atomic E-state index is 10.8. The van der Waals surface area contributed by atoms with Crippen LogP contribution in [0.4, 0.5) is 0 Å². The molecule has 3 heteroatoms. The third-order valence-corrected chi connectivity index (χ3v) is 3.81. The Bertz CT molecular complexity index is 223. The van der Waals surface area contributed by atoms with Gasteiger partial charge in [-0.15, -0.1) is 0 Å². The van der Waals surface area contributed by atoms with Crippen LogP contribution < -0.4 is 5.32 Å². The highest BCUT2D eigenvalue weighted by atomic mass is 16.4. The highest BCUT2D eigenvalue weighted by Crippen LogP contribution is 2.58. The summed E-state index contributed by atoms with van der Waals surface area (Å²) in [4.78, 5) is 10.8. The SMILES string of the molecule is C[C@]1(C2CCCNC2)C[C@@H]1C(=O)O. The van der Waals surface area contributed by atoms with Crippen molar-refractivity contribution in [3.05, 3.63) is 0 Å². The molecule has 2 N–H and O–H groups in total. The van der Waals surface area contributed by atoms with E-state index in [1.807, 2.05) is 0 Å². The van der Waals surface area contributed by atoms with E-state index in [-0.39, 0.29) is 11.3 Å². The van der Waals surface area contributed by atoms with Crippen molar-refractivity contribution in [2.75, 3.05) is 13.1 Å². The van der Waals surface area contributed by atoms with Crippen LogP contribution in [-0.2, 0) is 4.79 Å². The molecule has 1 heterocycles. The Labute approximate surface area is 78.5 Å². The Morgan fingerprint density at radius 1 is 1.62 bits per heavy atom. The number of nitrogens with one attached hydrogen (secondary N) is 1. The number of carboxylic acids is 1. The van der Waals surface area contributed by atoms with E-state index in [2.05, 4.69) is 12.2 Å². The van der Waals surface area contributed by atoms with Crippen LogP contribution in [0.1, 0.15) is 26.2 Å². The van der Waals surface area contributed by atoms with Gasteiger partial charge < -0.3 is 10.4 Å². The number of aliphatic carboxylic acids is 1. The number of carboxylic acid groups (broad SMARTS) is 1. The molecule has 74 valence electrons. The molecule has 0 bridgehead atoms. The summed E-state index contributed by atoms with van der Waals surface area (Å²) >= 11 is 0. The van der Waals surface area contributed by atoms with E-state index in [4.69, 9.17) is 5.11 Å². The van der Waals surface area contributed by atoms with E-state index >= 15 is 0 Å². The number of carbonyl (C=O) groups is 1. The van der Waals surface area contributed by atoms with Crippen molar-refractivity contribution in [2.24, 2.45) is 17.3 Å². The van der Waals surface area contributed by atoms with Crippen molar-refractivity contribution in [2.45, 2.75) is 26.2 Å². The second-order valence-electron chi connectivity index (χ2n) is 4.64. The van der Waals surface area contributed by atoms with Crippen molar-refractivity contribution in [3.63, 3.8) is 0 Å². The van der Waals surface area contributed by atoms with Gasteiger partial charge >= 0.3 is 5.97 Å². The lowest BCUT2D eigenvalue weighted by Crippen LogP contribution is -2.35. The number of rotatable bonds is 2. The van der Waals surface area contributed by atoms with Gasteiger partial charge in [-0.2, -0.15) is 0 Å². The fraction of sp³-hybridized carbons (Fsp3) is 0.900. The second-order valence-corrected chi connectivity index (χ2v) is 4.64. The predicted octanol–water partition coefficient (Wildman–Crippen LogP) is 1.10. The van der Waals surface area contributed by atoms with Crippen LogP contribution >= 0.6 is 0 Å². The molecular weight excluding hydrogens is 166 g/mol. The van der Waals surface area contributed by atoms with Crippen molar-refractivity contribution < 1.29 is 9.90 Å². The van der Waals surface area contributed by atoms with Crippen LogP contribution in [0, 0.1) is 17.3 Å². The fourth-order valence-electron chi connectivity index (χ4n) is 2.62. The minimum Gasteiger partial charge on any atom is -0.481 e. The lowest BCUT2D eigenvalue weighted by Gasteiger charge is -2.28. The van der Waals surface area contributed by atoms with Gasteiger partial charge in [0.05, 0.1) is 5.92 Å². The lowest BCUT2D eigenvalue weighted by molar-refractivity contribution is -0.139. The van der Waals surface area contributed by atoms with Crippen LogP contribution in [-0.4, -0.2) is 24.2 Å². The maximum absolute atomic E-state index is 10.8. The molecule has 0 spiro atoms. The molecule has 1 saturated carbocycles. The van der Waals surface area contributed by atoms with Gasteiger partial charge in [-0.1, -0.05) is 6.92 Å². The van der Waals surface area contributed by atoms with Gasteiger partial charge in [-0.25, -0.2) is 0 Å². The summed E-state index contributed by atoms with van der Waals surface area (Å²) in [6.45, 7) is 4.24. The average Bonchev–Trinajstić information content (AvgIpc) is 2.82. The molecule has 2 fully saturated rings. The van der Waals surface area contributed by atoms with Crippen LogP contribution in [0.5, 0.6) is 0 Å². The summed E-state index contributed by atoms with van der Waals surface area (Å²) in [6.07, 6.45) is 3.29. The van der Waals surface area contributed by atoms with E-state index in [0.29, 0.717) is 5.92 Å². The monoisotopic (exact) mass is 183 g/mol. The minimum absolute atomic E-state index is 0.0719. The first-order valence-corrected chi connectivity index (χ1v) is 5.08. The predicted molar refractivity (Wildman–Crippen MR) is 49.4 cm³/mol. The van der Waals surface area contributed by atoms with E-state index in [0.717, 1.165) is 19.5 Å². The zero-order valence-corrected chi connectivity index (χ0v) is 8.05. The molecule has 1 saturated heterocycles. The van der Waals surface area contributed by atoms with Crippen LogP contribution in [0.2, 0.25) is 0 Å². The highest BCUT2D eigenvalue weighted by molar-refractivity contribution is 5.74. The topological polar surface area (TPSA) is 49.3 Å². The van der Waals surface area contributed by atoms with Gasteiger partial charge in [-0.05, 0) is 43.7 Å². The smallest absolute Gasteiger partial charge is 0.307 e. The first kappa shape index (κ1) is 9.00. The normalized spacial score (nSPS) is 44.4. The third kappa shape index (κ3) is 1.46. The van der Waals surface area contributed by atoms with Crippen molar-refractivity contribution in [3.8, 4) is 0 Å². The molecule has 1 unspecified atom stereocenters. The Morgan fingerprint density at radius 2 is 2.38 bits per heavy atom. The van der Waals surface area contributed by atoms with E-state index < -0.39 is 5.97 Å². The molecule has 0 aromatic heterocycles. The van der Waals surface area contributed by atoms with Crippen LogP contribution in [0.15, 0.2) is 0 Å². The second kappa shape index (κ2) is 2.98. The zero-order valence-electron chi connectivity index (χ0n) is 8.05. The van der Waals surface area contributed by atoms with Gasteiger partial charge in [-0.3, -0.25) is 4.79 Å². The first-order chi connectivity index (χ1) is 6.14. The standard InChI is InChI=1S/C10H17NO2/c1-10(5-8(10)9(12)13)7-3-2-4-11-6-7/h7-8,11H,2-6H2,1H3,(H,12,13)/t7?,8-,10-/m1/s1. The van der Waals surface area contributed by atoms with E-state index in [1.54, 1.807) is 0 Å². The molecule has 0 aromatic carbocycles. The highest BCUT2D eigenvalue weighted by Gasteiger charge is 2.58. The molecule has 3 nitrogen and oxygen atoms in total. The number of piperidine rings is 1. The van der Waals surface area contributed by atoms with E-state index in [1.165, 1.54) is 12.8 Å². The molecule has 0 aromatic rings. The summed E-state index contributed by atoms with van der Waals surface area (Å²) in [5.74, 6) is -0.0900. The third-order valence-electron chi connectivity index (χ3n) is 3.81. The Hall–Kier alpha value is -0.570. The molecule has 1 aliphatic carbocycles. The van der Waals surface area contributed by atoms with E-state index in [9.17, 15) is 4.79 Å². The summed E-state index contributed by atoms with van der Waals surface area (Å²) < 4.78 is 0. The Morgan fingerprint density at radius 3 is 2.85 bits per heavy atom. The molecule has 2 rings (SSSR count). The maximum Gasteiger partial charge on any atom is 0.307 e. The average molecular weight is 183 g/mol. The van der Waals surface area contributed by atoms with Gasteiger partial charge in [0.25, 0.3) is 0 Å². The molecule has 13 heavy (non-hydrogen) atoms. The molecule has 2 aliphatic rings. The van der Waals surface area contributed by atoms with Gasteiger partial charge in [0.1, 0.15) is 0 Å². The minimum atomic E-state index is -0.604. The Kier molecular flexibility index (Phi) is 2.06. The molecule has 1 aliphatic heterocycles. The number of hydrogen-bond donors (Lipinski definition) is 2.